The summed E-state index contributed by atoms with van der Waals surface area (Å²) in [6.45, 7) is 13.5. The van der Waals surface area contributed by atoms with Crippen LogP contribution in [0.4, 0.5) is 0 Å². The number of carbonyl (C=O) groups excluding carboxylic acids is 1. The second-order valence-corrected chi connectivity index (χ2v) is 8.60. The third-order valence-corrected chi connectivity index (χ3v) is 5.96. The maximum Gasteiger partial charge on any atom is 0.249 e. The van der Waals surface area contributed by atoms with Crippen molar-refractivity contribution >= 4 is 33.2 Å². The molecule has 0 atom stereocenters. The molecule has 0 aliphatic heterocycles. The van der Waals surface area contributed by atoms with Crippen LogP contribution in [0.1, 0.15) is 37.1 Å². The first-order valence-corrected chi connectivity index (χ1v) is 11.5. The van der Waals surface area contributed by atoms with Crippen LogP contribution in [0, 0.1) is 13.8 Å². The Morgan fingerprint density at radius 3 is 2.66 bits per heavy atom. The first kappa shape index (κ1) is 25.4. The molecule has 2 rings (SSSR count). The average Bonchev–Trinajstić information content (AvgIpc) is 3.11. The number of aromatic nitrogens is 2. The number of hydrogen-bond donors (Lipinski definition) is 1. The Bertz CT molecular complexity index is 1050. The monoisotopic (exact) mass is 496 g/mol. The number of hydrogen-bond acceptors (Lipinski definition) is 3. The molecule has 0 saturated heterocycles. The van der Waals surface area contributed by atoms with E-state index in [2.05, 4.69) is 52.0 Å². The van der Waals surface area contributed by atoms with E-state index in [0.717, 1.165) is 39.1 Å². The van der Waals surface area contributed by atoms with E-state index in [4.69, 9.17) is 0 Å². The highest BCUT2D eigenvalue weighted by Gasteiger charge is 2.12. The molecule has 0 spiro atoms. The van der Waals surface area contributed by atoms with Gasteiger partial charge in [0.05, 0.1) is 16.4 Å². The van der Waals surface area contributed by atoms with Gasteiger partial charge in [-0.05, 0) is 72.8 Å². The molecular weight excluding hydrogens is 464 g/mol. The van der Waals surface area contributed by atoms with E-state index in [0.29, 0.717) is 13.1 Å². The third-order valence-electron chi connectivity index (χ3n) is 5.18. The van der Waals surface area contributed by atoms with Crippen LogP contribution in [0.25, 0.3) is 11.4 Å². The fourth-order valence-corrected chi connectivity index (χ4v) is 3.50. The van der Waals surface area contributed by atoms with Crippen LogP contribution in [0.5, 0.6) is 0 Å². The maximum absolute atomic E-state index is 12.4. The van der Waals surface area contributed by atoms with Gasteiger partial charge in [-0.3, -0.25) is 4.79 Å². The van der Waals surface area contributed by atoms with Crippen molar-refractivity contribution in [3.63, 3.8) is 0 Å². The standard InChI is InChI=1S/C26H33BrN4O/c1-7-8-12-20(3)26(32)30(6)16-11-15-28-25(31-22(5)24(27)18-29-31)17-21(4)23-14-10-9-13-19(23)2/h7-10,12-14,17-18,28H,4,11,15-16H2,1-3,5-6H3/b8-7-,20-12+,25-17-. The number of likely N-dealkylation sites (N-methyl/N-ethyl adjacent to an activating group) is 1. The maximum atomic E-state index is 12.4. The Labute approximate surface area is 200 Å². The third kappa shape index (κ3) is 6.82. The van der Waals surface area contributed by atoms with Gasteiger partial charge in [-0.1, -0.05) is 49.1 Å². The molecule has 170 valence electrons. The zero-order chi connectivity index (χ0) is 23.7. The van der Waals surface area contributed by atoms with Gasteiger partial charge in [0.25, 0.3) is 0 Å². The molecule has 0 radical (unpaired) electrons. The van der Waals surface area contributed by atoms with Crippen LogP contribution in [-0.2, 0) is 4.79 Å². The number of carbonyl (C=O) groups is 1. The zero-order valence-electron chi connectivity index (χ0n) is 19.7. The largest absolute Gasteiger partial charge is 0.370 e. The zero-order valence-corrected chi connectivity index (χ0v) is 21.2. The first-order valence-electron chi connectivity index (χ1n) is 10.7. The predicted molar refractivity (Wildman–Crippen MR) is 138 cm³/mol. The molecule has 0 saturated carbocycles. The van der Waals surface area contributed by atoms with Gasteiger partial charge >= 0.3 is 0 Å². The SMILES string of the molecule is C=C(/C=C(/NCCCN(C)C(=O)/C(C)=C/C=C\C)n1ncc(Br)c1C)c1ccccc1C. The summed E-state index contributed by atoms with van der Waals surface area (Å²) in [5, 5.41) is 7.98. The normalized spacial score (nSPS) is 12.3. The quantitative estimate of drug-likeness (QED) is 0.259. The van der Waals surface area contributed by atoms with Crippen molar-refractivity contribution in [2.24, 2.45) is 0 Å². The Kier molecular flexibility index (Phi) is 9.72. The van der Waals surface area contributed by atoms with Crippen molar-refractivity contribution in [3.8, 4) is 0 Å². The first-order chi connectivity index (χ1) is 15.3. The summed E-state index contributed by atoms with van der Waals surface area (Å²) in [5.74, 6) is 0.887. The molecule has 1 amide bonds. The number of nitrogens with one attached hydrogen (secondary N) is 1. The minimum atomic E-state index is 0.0404. The van der Waals surface area contributed by atoms with Crippen molar-refractivity contribution < 1.29 is 4.79 Å². The van der Waals surface area contributed by atoms with E-state index in [1.807, 2.05) is 68.9 Å². The topological polar surface area (TPSA) is 50.2 Å². The molecule has 1 aromatic heterocycles. The molecule has 32 heavy (non-hydrogen) atoms. The number of benzene rings is 1. The molecule has 2 aromatic rings. The van der Waals surface area contributed by atoms with Crippen molar-refractivity contribution in [2.45, 2.75) is 34.1 Å². The summed E-state index contributed by atoms with van der Waals surface area (Å²) in [4.78, 5) is 14.2. The van der Waals surface area contributed by atoms with Gasteiger partial charge in [0.2, 0.25) is 5.91 Å². The number of rotatable bonds is 10. The second kappa shape index (κ2) is 12.2. The lowest BCUT2D eigenvalue weighted by molar-refractivity contribution is -0.125. The summed E-state index contributed by atoms with van der Waals surface area (Å²) in [6, 6.07) is 8.19. The fourth-order valence-electron chi connectivity index (χ4n) is 3.24. The summed E-state index contributed by atoms with van der Waals surface area (Å²) in [7, 11) is 1.83. The van der Waals surface area contributed by atoms with Crippen molar-refractivity contribution in [3.05, 3.63) is 88.2 Å². The van der Waals surface area contributed by atoms with Crippen LogP contribution in [0.2, 0.25) is 0 Å². The summed E-state index contributed by atoms with van der Waals surface area (Å²) in [5.41, 5.74) is 4.91. The second-order valence-electron chi connectivity index (χ2n) is 7.74. The van der Waals surface area contributed by atoms with Gasteiger partial charge in [-0.25, -0.2) is 4.68 Å². The van der Waals surface area contributed by atoms with Gasteiger partial charge in [0, 0.05) is 25.7 Å². The number of aryl methyl sites for hydroxylation is 1. The van der Waals surface area contributed by atoms with Gasteiger partial charge in [-0.2, -0.15) is 5.10 Å². The van der Waals surface area contributed by atoms with Crippen molar-refractivity contribution in [1.82, 2.24) is 20.0 Å². The molecule has 0 bridgehead atoms. The lowest BCUT2D eigenvalue weighted by Crippen LogP contribution is -2.30. The van der Waals surface area contributed by atoms with E-state index in [1.54, 1.807) is 11.1 Å². The molecule has 0 aliphatic rings. The summed E-state index contributed by atoms with van der Waals surface area (Å²) in [6.07, 6.45) is 10.2. The molecule has 0 fully saturated rings. The Morgan fingerprint density at radius 2 is 2.03 bits per heavy atom. The van der Waals surface area contributed by atoms with E-state index < -0.39 is 0 Å². The summed E-state index contributed by atoms with van der Waals surface area (Å²) >= 11 is 3.54. The highest BCUT2D eigenvalue weighted by Crippen LogP contribution is 2.22. The summed E-state index contributed by atoms with van der Waals surface area (Å²) < 4.78 is 2.81. The smallest absolute Gasteiger partial charge is 0.249 e. The van der Waals surface area contributed by atoms with E-state index in [9.17, 15) is 4.79 Å². The van der Waals surface area contributed by atoms with Crippen molar-refractivity contribution in [1.29, 1.82) is 0 Å². The van der Waals surface area contributed by atoms with E-state index in [-0.39, 0.29) is 5.91 Å². The van der Waals surface area contributed by atoms with Crippen LogP contribution >= 0.6 is 15.9 Å². The van der Waals surface area contributed by atoms with Crippen LogP contribution < -0.4 is 5.32 Å². The highest BCUT2D eigenvalue weighted by molar-refractivity contribution is 9.10. The van der Waals surface area contributed by atoms with E-state index in [1.165, 1.54) is 5.56 Å². The highest BCUT2D eigenvalue weighted by atomic mass is 79.9. The Morgan fingerprint density at radius 1 is 1.31 bits per heavy atom. The lowest BCUT2D eigenvalue weighted by Gasteiger charge is -2.19. The number of nitrogens with zero attached hydrogens (tertiary/aromatic N) is 3. The number of amides is 1. The minimum Gasteiger partial charge on any atom is -0.370 e. The van der Waals surface area contributed by atoms with Crippen LogP contribution in [-0.4, -0.2) is 40.7 Å². The average molecular weight is 497 g/mol. The van der Waals surface area contributed by atoms with Gasteiger partial charge in [0.1, 0.15) is 5.82 Å². The molecular formula is C26H33BrN4O. The fraction of sp³-hybridized carbons (Fsp3) is 0.308. The van der Waals surface area contributed by atoms with Gasteiger partial charge in [0.15, 0.2) is 0 Å². The van der Waals surface area contributed by atoms with Gasteiger partial charge < -0.3 is 10.2 Å². The number of allylic oxidation sites excluding steroid dienone is 5. The lowest BCUT2D eigenvalue weighted by atomic mass is 10.0. The van der Waals surface area contributed by atoms with E-state index >= 15 is 0 Å². The molecule has 1 aromatic carbocycles. The molecule has 1 N–H and O–H groups in total. The molecule has 5 nitrogen and oxygen atoms in total. The minimum absolute atomic E-state index is 0.0404. The molecule has 0 aliphatic carbocycles. The molecule has 6 heteroatoms. The number of halogens is 1. The van der Waals surface area contributed by atoms with Gasteiger partial charge in [-0.15, -0.1) is 0 Å². The predicted octanol–water partition coefficient (Wildman–Crippen LogP) is 5.73. The van der Waals surface area contributed by atoms with Crippen LogP contribution in [0.15, 0.2) is 71.4 Å². The molecule has 1 heterocycles. The Balaban J connectivity index is 2.10. The van der Waals surface area contributed by atoms with Crippen molar-refractivity contribution in [2.75, 3.05) is 20.1 Å². The van der Waals surface area contributed by atoms with Crippen LogP contribution in [0.3, 0.4) is 0 Å². The Hall–Kier alpha value is -2.86. The molecule has 0 unspecified atom stereocenters.